The van der Waals surface area contributed by atoms with Gasteiger partial charge in [-0.15, -0.1) is 0 Å². The molecule has 0 aliphatic heterocycles. The fourth-order valence-electron chi connectivity index (χ4n) is 2.83. The van der Waals surface area contributed by atoms with Crippen LogP contribution in [0.2, 0.25) is 29.6 Å². The number of allylic oxidation sites excluding steroid dienone is 8. The number of hydrogen-bond donors (Lipinski definition) is 0. The van der Waals surface area contributed by atoms with E-state index in [-0.39, 0.29) is 2.85 Å². The molecule has 0 aromatic carbocycles. The summed E-state index contributed by atoms with van der Waals surface area (Å²) in [6.45, 7) is 0. The molecule has 0 nitrogen and oxygen atoms in total. The predicted molar refractivity (Wildman–Crippen MR) is 90.5 cm³/mol. The van der Waals surface area contributed by atoms with E-state index in [1.165, 1.54) is 12.8 Å². The molecule has 0 atom stereocenters. The van der Waals surface area contributed by atoms with Gasteiger partial charge in [-0.2, -0.15) is 0 Å². The van der Waals surface area contributed by atoms with Gasteiger partial charge in [0.15, 0.2) is 0 Å². The first kappa shape index (κ1) is 16.8. The summed E-state index contributed by atoms with van der Waals surface area (Å²) in [4.78, 5) is 15.5. The molecule has 0 saturated heterocycles. The summed E-state index contributed by atoms with van der Waals surface area (Å²) in [6, 6.07) is 0. The van der Waals surface area contributed by atoms with Gasteiger partial charge in [0.2, 0.25) is 0 Å². The predicted octanol–water partition coefficient (Wildman–Crippen LogP) is 5.48. The minimum Gasteiger partial charge on any atom is -1.00 e. The van der Waals surface area contributed by atoms with E-state index in [1.54, 1.807) is 0 Å². The Morgan fingerprint density at radius 3 is 1.47 bits per heavy atom. The van der Waals surface area contributed by atoms with Crippen LogP contribution in [0, 0.1) is 0 Å². The van der Waals surface area contributed by atoms with E-state index < -0.39 is 59.7 Å². The van der Waals surface area contributed by atoms with Gasteiger partial charge < -0.3 is 2.85 Å². The Balaban J connectivity index is 0.00000200. The zero-order valence-electron chi connectivity index (χ0n) is 15.2. The van der Waals surface area contributed by atoms with Crippen LogP contribution < -0.4 is 0 Å². The van der Waals surface area contributed by atoms with Gasteiger partial charge in [0, 0.05) is 0 Å². The Morgan fingerprint density at radius 1 is 0.789 bits per heavy atom. The van der Waals surface area contributed by atoms with Crippen molar-refractivity contribution in [1.82, 2.24) is 0 Å². The fourth-order valence-corrected chi connectivity index (χ4v) is 37.6. The molecule has 0 spiro atoms. The van der Waals surface area contributed by atoms with Crippen molar-refractivity contribution in [2.24, 2.45) is 0 Å². The summed E-state index contributed by atoms with van der Waals surface area (Å²) in [5, 5.41) is 0. The maximum atomic E-state index is 2.58. The molecule has 106 valence electrons. The number of hydrogen-bond acceptors (Lipinski definition) is 0. The van der Waals surface area contributed by atoms with E-state index in [2.05, 4.69) is 53.9 Å². The number of rotatable bonds is 4. The van der Waals surface area contributed by atoms with Gasteiger partial charge in [-0.25, -0.2) is 0 Å². The second kappa shape index (κ2) is 6.27. The van der Waals surface area contributed by atoms with Gasteiger partial charge >= 0.3 is 140 Å². The maximum Gasteiger partial charge on any atom is -1.00 e. The van der Waals surface area contributed by atoms with Crippen LogP contribution in [0.1, 0.15) is 15.7 Å². The molecule has 0 aromatic rings. The Hall–Kier alpha value is 1.43. The van der Waals surface area contributed by atoms with Gasteiger partial charge in [0.1, 0.15) is 0 Å². The molecule has 0 unspecified atom stereocenters. The van der Waals surface area contributed by atoms with Gasteiger partial charge in [0.05, 0.1) is 0 Å². The molecule has 2 aliphatic rings. The van der Waals surface area contributed by atoms with Crippen LogP contribution in [0.3, 0.4) is 0 Å². The molecule has 0 N–H and O–H groups in total. The first-order chi connectivity index (χ1) is 8.69. The third-order valence-electron chi connectivity index (χ3n) is 3.78. The molecule has 3 heteroatoms. The Labute approximate surface area is 141 Å². The van der Waals surface area contributed by atoms with E-state index in [4.69, 9.17) is 0 Å². The third-order valence-corrected chi connectivity index (χ3v) is 26.4. The van der Waals surface area contributed by atoms with Gasteiger partial charge in [0.25, 0.3) is 0 Å². The maximum absolute atomic E-state index is 2.58. The van der Waals surface area contributed by atoms with E-state index >= 15 is 0 Å². The van der Waals surface area contributed by atoms with Crippen molar-refractivity contribution < 1.29 is 25.8 Å². The van der Waals surface area contributed by atoms with Crippen molar-refractivity contribution >= 4 is 36.8 Å². The molecule has 2 aliphatic carbocycles. The van der Waals surface area contributed by atoms with Crippen molar-refractivity contribution in [1.29, 1.82) is 0 Å². The average molecular weight is 636 g/mol. The minimum absolute atomic E-state index is 0. The summed E-state index contributed by atoms with van der Waals surface area (Å²) in [5.74, 6) is 0. The molecular formula is C16H28HfSn2-2. The first-order valence-corrected chi connectivity index (χ1v) is 30.8. The normalized spacial score (nSPS) is 19.9. The zero-order valence-corrected chi connectivity index (χ0v) is 22.5. The molecule has 0 saturated carbocycles. The van der Waals surface area contributed by atoms with Crippen LogP contribution in [-0.4, -0.2) is 36.8 Å². The largest absolute Gasteiger partial charge is 1.00 e. The van der Waals surface area contributed by atoms with Crippen LogP contribution in [0.25, 0.3) is 0 Å². The molecular weight excluding hydrogens is 608 g/mol. The third kappa shape index (κ3) is 4.21. The minimum atomic E-state index is -1.85. The molecule has 0 amide bonds. The molecule has 0 aromatic heterocycles. The quantitative estimate of drug-likeness (QED) is 0.359. The summed E-state index contributed by atoms with van der Waals surface area (Å²) in [7, 11) is 0. The molecule has 19 heavy (non-hydrogen) atoms. The van der Waals surface area contributed by atoms with Crippen LogP contribution in [0.4, 0.5) is 0 Å². The van der Waals surface area contributed by atoms with Crippen LogP contribution in [0.5, 0.6) is 0 Å². The summed E-state index contributed by atoms with van der Waals surface area (Å²) in [5.41, 5.74) is 0. The van der Waals surface area contributed by atoms with E-state index in [9.17, 15) is 0 Å². The van der Waals surface area contributed by atoms with Gasteiger partial charge in [-0.05, 0) is 0 Å². The van der Waals surface area contributed by atoms with E-state index in [0.717, 1.165) is 0 Å². The SMILES string of the molecule is [CH3][Sn]([CH3])([CH3])[C]1=[C]([Hf][C]2=[C]([Sn]([CH3])([CH3])[CH3])C=CC2)CC=C1.[H-].[H-]. The van der Waals surface area contributed by atoms with Crippen LogP contribution in [0.15, 0.2) is 38.1 Å². The summed E-state index contributed by atoms with van der Waals surface area (Å²) >= 11 is -4.43. The van der Waals surface area contributed by atoms with Crippen molar-refractivity contribution in [2.45, 2.75) is 42.5 Å². The van der Waals surface area contributed by atoms with Gasteiger partial charge in [-0.3, -0.25) is 0 Å². The molecule has 0 bridgehead atoms. The van der Waals surface area contributed by atoms with Crippen molar-refractivity contribution in [3.63, 3.8) is 0 Å². The molecule has 2 rings (SSSR count). The second-order valence-electron chi connectivity index (χ2n) is 7.62. The standard InChI is InChI=1S/2C5H4.6CH3.Hf.2Sn.2H/c2*1-2-4-5-3-1;;;;;;;;;;;/h2*1-2H,3H2;6*1H3;;;;;/q;;;;;;;;;;;2*-1. The van der Waals surface area contributed by atoms with Crippen molar-refractivity contribution in [3.8, 4) is 0 Å². The Bertz CT molecular complexity index is 457. The van der Waals surface area contributed by atoms with Crippen LogP contribution in [-0.2, 0) is 22.9 Å². The molecule has 0 heterocycles. The molecule has 0 radical (unpaired) electrons. The first-order valence-electron chi connectivity index (χ1n) is 7.27. The summed E-state index contributed by atoms with van der Waals surface area (Å²) < 4.78 is 7.66. The van der Waals surface area contributed by atoms with Crippen LogP contribution >= 0.6 is 0 Å². The van der Waals surface area contributed by atoms with Crippen molar-refractivity contribution in [2.75, 3.05) is 0 Å². The molecule has 0 fully saturated rings. The van der Waals surface area contributed by atoms with E-state index in [0.29, 0.717) is 0 Å². The average Bonchev–Trinajstić information content (AvgIpc) is 2.83. The van der Waals surface area contributed by atoms with Crippen molar-refractivity contribution in [3.05, 3.63) is 38.1 Å². The fraction of sp³-hybridized carbons (Fsp3) is 0.500. The topological polar surface area (TPSA) is 0 Å². The Morgan fingerprint density at radius 2 is 1.16 bits per heavy atom. The smallest absolute Gasteiger partial charge is 1.00 e. The Kier molecular flexibility index (Phi) is 5.54. The van der Waals surface area contributed by atoms with E-state index in [1.807, 2.05) is 13.8 Å². The summed E-state index contributed by atoms with van der Waals surface area (Å²) in [6.07, 6.45) is 12.5. The monoisotopic (exact) mass is 640 g/mol. The zero-order chi connectivity index (χ0) is 14.3. The second-order valence-corrected chi connectivity index (χ2v) is 41.6. The van der Waals surface area contributed by atoms with Gasteiger partial charge in [-0.1, -0.05) is 0 Å².